The van der Waals surface area contributed by atoms with E-state index in [-0.39, 0.29) is 11.7 Å². The van der Waals surface area contributed by atoms with Gasteiger partial charge in [-0.3, -0.25) is 14.2 Å². The number of aromatic nitrogens is 2. The van der Waals surface area contributed by atoms with Crippen LogP contribution in [0.15, 0.2) is 58.1 Å². The number of hydrogen-bond acceptors (Lipinski definition) is 4. The highest BCUT2D eigenvalue weighted by molar-refractivity contribution is 9.10. The number of anilines is 1. The van der Waals surface area contributed by atoms with Crippen LogP contribution in [0.1, 0.15) is 29.9 Å². The fraction of sp³-hybridized carbons (Fsp3) is 0.211. The molecular weight excluding hydrogens is 380 g/mol. The molecule has 0 aliphatic carbocycles. The van der Waals surface area contributed by atoms with Crippen molar-refractivity contribution in [3.05, 3.63) is 64.4 Å². The maximum Gasteiger partial charge on any atom is 0.208 e. The minimum atomic E-state index is -0.451. The molecule has 0 saturated carbocycles. The number of nitrogens with zero attached hydrogens (tertiary/aromatic N) is 3. The number of amidine groups is 1. The van der Waals surface area contributed by atoms with Gasteiger partial charge in [-0.1, -0.05) is 48.0 Å². The molecule has 1 aromatic carbocycles. The molecule has 1 atom stereocenters. The van der Waals surface area contributed by atoms with Crippen LogP contribution < -0.4 is 5.32 Å². The Morgan fingerprint density at radius 1 is 1.16 bits per heavy atom. The highest BCUT2D eigenvalue weighted by Gasteiger charge is 2.32. The number of benzene rings is 1. The summed E-state index contributed by atoms with van der Waals surface area (Å²) in [5.74, 6) is 1.30. The minimum Gasteiger partial charge on any atom is -0.323 e. The van der Waals surface area contributed by atoms with Crippen molar-refractivity contribution in [1.82, 2.24) is 9.38 Å². The largest absolute Gasteiger partial charge is 0.323 e. The molecule has 1 N–H and O–H groups in total. The van der Waals surface area contributed by atoms with Gasteiger partial charge in [0, 0.05) is 16.2 Å². The number of carbonyl (C=O) groups is 1. The van der Waals surface area contributed by atoms with E-state index in [0.717, 1.165) is 15.7 Å². The lowest BCUT2D eigenvalue weighted by molar-refractivity contribution is 0.0938. The molecule has 0 unspecified atom stereocenters. The Kier molecular flexibility index (Phi) is 3.92. The van der Waals surface area contributed by atoms with Crippen LogP contribution in [0.2, 0.25) is 0 Å². The summed E-state index contributed by atoms with van der Waals surface area (Å²) in [7, 11) is 0. The van der Waals surface area contributed by atoms with Crippen molar-refractivity contribution < 1.29 is 4.79 Å². The molecule has 0 fully saturated rings. The van der Waals surface area contributed by atoms with E-state index in [1.54, 1.807) is 0 Å². The van der Waals surface area contributed by atoms with Crippen molar-refractivity contribution in [1.29, 1.82) is 0 Å². The standard InChI is InChI=1S/C19H17BrN4O/c1-11(2)15-17(25)16-19(21-14-5-3-4-10-24(14)16)23-18(22-15)12-6-8-13(20)9-7-12/h3-11,15H,1-2H3,(H,22,23)/t15-/m0/s1. The monoisotopic (exact) mass is 396 g/mol. The van der Waals surface area contributed by atoms with Crippen LogP contribution in [-0.2, 0) is 0 Å². The zero-order valence-electron chi connectivity index (χ0n) is 13.9. The van der Waals surface area contributed by atoms with Crippen LogP contribution in [0.4, 0.5) is 5.82 Å². The fourth-order valence-corrected chi connectivity index (χ4v) is 3.27. The van der Waals surface area contributed by atoms with Gasteiger partial charge in [-0.25, -0.2) is 4.98 Å². The molecule has 5 nitrogen and oxygen atoms in total. The Bertz CT molecular complexity index is 988. The van der Waals surface area contributed by atoms with E-state index in [9.17, 15) is 4.79 Å². The number of pyridine rings is 1. The zero-order valence-corrected chi connectivity index (χ0v) is 15.5. The second kappa shape index (κ2) is 6.11. The van der Waals surface area contributed by atoms with Crippen LogP contribution >= 0.6 is 15.9 Å². The number of hydrogen-bond donors (Lipinski definition) is 1. The molecule has 1 aliphatic heterocycles. The molecule has 0 spiro atoms. The second-order valence-electron chi connectivity index (χ2n) is 6.40. The Labute approximate surface area is 153 Å². The third kappa shape index (κ3) is 2.76. The second-order valence-corrected chi connectivity index (χ2v) is 7.32. The number of rotatable bonds is 2. The van der Waals surface area contributed by atoms with E-state index in [1.165, 1.54) is 0 Å². The molecule has 4 rings (SSSR count). The average molecular weight is 397 g/mol. The zero-order chi connectivity index (χ0) is 17.6. The Morgan fingerprint density at radius 3 is 2.64 bits per heavy atom. The van der Waals surface area contributed by atoms with Gasteiger partial charge in [0.05, 0.1) is 0 Å². The highest BCUT2D eigenvalue weighted by Crippen LogP contribution is 2.27. The van der Waals surface area contributed by atoms with E-state index in [1.807, 2.05) is 66.9 Å². The number of nitrogens with one attached hydrogen (secondary N) is 1. The molecule has 0 bridgehead atoms. The van der Waals surface area contributed by atoms with Crippen molar-refractivity contribution in [3.8, 4) is 0 Å². The Balaban J connectivity index is 1.91. The summed E-state index contributed by atoms with van der Waals surface area (Å²) in [6.07, 6.45) is 1.86. The van der Waals surface area contributed by atoms with E-state index in [0.29, 0.717) is 17.3 Å². The third-order valence-corrected chi connectivity index (χ3v) is 4.81. The van der Waals surface area contributed by atoms with Gasteiger partial charge in [0.15, 0.2) is 5.82 Å². The van der Waals surface area contributed by atoms with Gasteiger partial charge in [-0.2, -0.15) is 0 Å². The summed E-state index contributed by atoms with van der Waals surface area (Å²) in [4.78, 5) is 22.5. The van der Waals surface area contributed by atoms with Gasteiger partial charge in [-0.15, -0.1) is 0 Å². The topological polar surface area (TPSA) is 58.8 Å². The van der Waals surface area contributed by atoms with Crippen LogP contribution in [0, 0.1) is 5.92 Å². The van der Waals surface area contributed by atoms with Crippen molar-refractivity contribution in [2.45, 2.75) is 19.9 Å². The van der Waals surface area contributed by atoms with Crippen molar-refractivity contribution in [3.63, 3.8) is 0 Å². The number of ketones is 1. The number of fused-ring (bicyclic) bond motifs is 3. The maximum absolute atomic E-state index is 13.2. The Morgan fingerprint density at radius 2 is 1.92 bits per heavy atom. The van der Waals surface area contributed by atoms with Gasteiger partial charge in [-0.05, 0) is 30.2 Å². The Hall–Kier alpha value is -2.47. The molecule has 0 saturated heterocycles. The summed E-state index contributed by atoms with van der Waals surface area (Å²) in [5, 5.41) is 3.28. The molecule has 2 aromatic heterocycles. The molecule has 3 aromatic rings. The molecule has 0 amide bonds. The van der Waals surface area contributed by atoms with E-state index in [2.05, 4.69) is 26.2 Å². The normalized spacial score (nSPS) is 17.2. The number of carbonyl (C=O) groups excluding carboxylic acids is 1. The van der Waals surface area contributed by atoms with Crippen LogP contribution in [0.3, 0.4) is 0 Å². The van der Waals surface area contributed by atoms with Crippen LogP contribution in [0.25, 0.3) is 5.65 Å². The summed E-state index contributed by atoms with van der Waals surface area (Å²) in [6.45, 7) is 4.03. The lowest BCUT2D eigenvalue weighted by Gasteiger charge is -2.14. The SMILES string of the molecule is CC(C)[C@@H]1N=C(c2ccc(Br)cc2)Nc2nc3ccccn3c2C1=O. The van der Waals surface area contributed by atoms with E-state index >= 15 is 0 Å². The van der Waals surface area contributed by atoms with Crippen molar-refractivity contribution in [2.75, 3.05) is 5.32 Å². The molecular formula is C19H17BrN4O. The first-order valence-electron chi connectivity index (χ1n) is 8.16. The number of halogens is 1. The average Bonchev–Trinajstić information content (AvgIpc) is 2.89. The summed E-state index contributed by atoms with van der Waals surface area (Å²) >= 11 is 3.45. The predicted octanol–water partition coefficient (Wildman–Crippen LogP) is 4.18. The summed E-state index contributed by atoms with van der Waals surface area (Å²) in [5.41, 5.74) is 2.23. The maximum atomic E-state index is 13.2. The molecule has 0 radical (unpaired) electrons. The van der Waals surface area contributed by atoms with Crippen LogP contribution in [0.5, 0.6) is 0 Å². The minimum absolute atomic E-state index is 0.0108. The van der Waals surface area contributed by atoms with E-state index in [4.69, 9.17) is 4.99 Å². The van der Waals surface area contributed by atoms with Gasteiger partial charge in [0.1, 0.15) is 23.2 Å². The summed E-state index contributed by atoms with van der Waals surface area (Å²) in [6, 6.07) is 13.1. The van der Waals surface area contributed by atoms with Crippen LogP contribution in [-0.4, -0.2) is 27.0 Å². The third-order valence-electron chi connectivity index (χ3n) is 4.29. The smallest absolute Gasteiger partial charge is 0.208 e. The number of aliphatic imine (C=N–C) groups is 1. The number of imidazole rings is 1. The van der Waals surface area contributed by atoms with Gasteiger partial charge in [0.25, 0.3) is 0 Å². The van der Waals surface area contributed by atoms with Gasteiger partial charge in [0.2, 0.25) is 5.78 Å². The van der Waals surface area contributed by atoms with Gasteiger partial charge >= 0.3 is 0 Å². The van der Waals surface area contributed by atoms with E-state index < -0.39 is 6.04 Å². The summed E-state index contributed by atoms with van der Waals surface area (Å²) < 4.78 is 2.83. The molecule has 1 aliphatic rings. The molecule has 25 heavy (non-hydrogen) atoms. The lowest BCUT2D eigenvalue weighted by atomic mass is 9.98. The molecule has 6 heteroatoms. The highest BCUT2D eigenvalue weighted by atomic mass is 79.9. The lowest BCUT2D eigenvalue weighted by Crippen LogP contribution is -2.26. The first kappa shape index (κ1) is 16.0. The molecule has 126 valence electrons. The first-order chi connectivity index (χ1) is 12.0. The quantitative estimate of drug-likeness (QED) is 0.706. The first-order valence-corrected chi connectivity index (χ1v) is 8.96. The predicted molar refractivity (Wildman–Crippen MR) is 102 cm³/mol. The van der Waals surface area contributed by atoms with Crippen molar-refractivity contribution >= 4 is 39.0 Å². The van der Waals surface area contributed by atoms with Gasteiger partial charge < -0.3 is 5.32 Å². The number of Topliss-reactive ketones (excluding diaryl/α,β-unsaturated/α-hetero) is 1. The van der Waals surface area contributed by atoms with Crippen molar-refractivity contribution in [2.24, 2.45) is 10.9 Å². The molecule has 3 heterocycles. The fourth-order valence-electron chi connectivity index (χ4n) is 3.01.